The molecule has 7 heteroatoms. The highest BCUT2D eigenvalue weighted by molar-refractivity contribution is 6.74. The number of hydrogen-bond donors (Lipinski definition) is 0. The van der Waals surface area contributed by atoms with Crippen molar-refractivity contribution in [2.45, 2.75) is 111 Å². The monoisotopic (exact) mass is 497 g/mol. The third kappa shape index (κ3) is 6.77. The summed E-state index contributed by atoms with van der Waals surface area (Å²) in [7, 11) is -0.518. The Morgan fingerprint density at radius 3 is 2.09 bits per heavy atom. The Morgan fingerprint density at radius 2 is 1.62 bits per heavy atom. The molecule has 0 bridgehead atoms. The lowest BCUT2D eigenvalue weighted by molar-refractivity contribution is -0.148. The Hall–Kier alpha value is -1.08. The number of rotatable bonds is 5. The van der Waals surface area contributed by atoms with Gasteiger partial charge < -0.3 is 18.8 Å². The normalized spacial score (nSPS) is 31.0. The lowest BCUT2D eigenvalue weighted by Gasteiger charge is -2.51. The SMILES string of the molecule is COC(=O)[C@H]1CN(C(=O)OC(C)(C)C)C[C@@H]1C1CC(C)(O[Si](C)(C)C(C)(C)C)CCC1C(C)C. The first-order valence-electron chi connectivity index (χ1n) is 13.1. The van der Waals surface area contributed by atoms with E-state index in [-0.39, 0.29) is 40.5 Å². The summed E-state index contributed by atoms with van der Waals surface area (Å²) in [6.07, 6.45) is 2.66. The van der Waals surface area contributed by atoms with Crippen LogP contribution in [0.3, 0.4) is 0 Å². The first-order chi connectivity index (χ1) is 15.3. The van der Waals surface area contributed by atoms with Crippen molar-refractivity contribution in [1.82, 2.24) is 4.90 Å². The van der Waals surface area contributed by atoms with Crippen LogP contribution in [0.15, 0.2) is 0 Å². The van der Waals surface area contributed by atoms with Crippen molar-refractivity contribution in [3.8, 4) is 0 Å². The summed E-state index contributed by atoms with van der Waals surface area (Å²) in [5.74, 6) is 0.730. The van der Waals surface area contributed by atoms with Gasteiger partial charge >= 0.3 is 12.1 Å². The molecule has 1 aliphatic heterocycles. The van der Waals surface area contributed by atoms with E-state index in [1.54, 1.807) is 4.90 Å². The zero-order valence-electron chi connectivity index (χ0n) is 23.9. The second kappa shape index (κ2) is 10.1. The van der Waals surface area contributed by atoms with E-state index in [0.29, 0.717) is 24.9 Å². The van der Waals surface area contributed by atoms with Gasteiger partial charge in [0, 0.05) is 13.1 Å². The molecule has 0 aromatic heterocycles. The first-order valence-corrected chi connectivity index (χ1v) is 16.0. The third-order valence-corrected chi connectivity index (χ3v) is 13.1. The highest BCUT2D eigenvalue weighted by atomic mass is 28.4. The van der Waals surface area contributed by atoms with Crippen LogP contribution in [-0.4, -0.2) is 56.7 Å². The fourth-order valence-corrected chi connectivity index (χ4v) is 7.46. The van der Waals surface area contributed by atoms with Gasteiger partial charge in [0.1, 0.15) is 5.60 Å². The molecule has 6 nitrogen and oxygen atoms in total. The predicted molar refractivity (Wildman–Crippen MR) is 139 cm³/mol. The smallest absolute Gasteiger partial charge is 0.410 e. The largest absolute Gasteiger partial charge is 0.469 e. The molecule has 1 aliphatic carbocycles. The van der Waals surface area contributed by atoms with Crippen molar-refractivity contribution in [1.29, 1.82) is 0 Å². The van der Waals surface area contributed by atoms with Gasteiger partial charge in [-0.15, -0.1) is 0 Å². The molecule has 5 atom stereocenters. The number of nitrogens with zero attached hydrogens (tertiary/aromatic N) is 1. The maximum absolute atomic E-state index is 12.9. The molecule has 34 heavy (non-hydrogen) atoms. The molecular weight excluding hydrogens is 446 g/mol. The van der Waals surface area contributed by atoms with Crippen molar-refractivity contribution >= 4 is 20.4 Å². The van der Waals surface area contributed by atoms with Gasteiger partial charge in [0.25, 0.3) is 0 Å². The van der Waals surface area contributed by atoms with Gasteiger partial charge in [-0.3, -0.25) is 4.79 Å². The summed E-state index contributed by atoms with van der Waals surface area (Å²) in [6, 6.07) is 0. The number of hydrogen-bond acceptors (Lipinski definition) is 5. The van der Waals surface area contributed by atoms with Crippen molar-refractivity contribution < 1.29 is 23.5 Å². The van der Waals surface area contributed by atoms with Gasteiger partial charge in [-0.25, -0.2) is 4.79 Å². The molecule has 198 valence electrons. The lowest BCUT2D eigenvalue weighted by atomic mass is 9.62. The fourth-order valence-electron chi connectivity index (χ4n) is 5.74. The number of amides is 1. The van der Waals surface area contributed by atoms with E-state index in [9.17, 15) is 9.59 Å². The molecule has 0 radical (unpaired) electrons. The van der Waals surface area contributed by atoms with Crippen LogP contribution < -0.4 is 0 Å². The zero-order chi connectivity index (χ0) is 26.3. The van der Waals surface area contributed by atoms with Gasteiger partial charge in [-0.1, -0.05) is 34.6 Å². The molecule has 0 aromatic rings. The van der Waals surface area contributed by atoms with Gasteiger partial charge in [0.2, 0.25) is 0 Å². The van der Waals surface area contributed by atoms with Gasteiger partial charge in [-0.05, 0) is 88.8 Å². The second-order valence-corrected chi connectivity index (χ2v) is 18.5. The summed E-state index contributed by atoms with van der Waals surface area (Å²) in [4.78, 5) is 27.5. The van der Waals surface area contributed by atoms with Crippen LogP contribution in [0.2, 0.25) is 18.1 Å². The Labute approximate surface area is 209 Å². The van der Waals surface area contributed by atoms with Crippen LogP contribution in [0.5, 0.6) is 0 Å². The summed E-state index contributed by atoms with van der Waals surface area (Å²) in [5, 5.41) is 0.135. The first kappa shape index (κ1) is 29.1. The number of carbonyl (C=O) groups excluding carboxylic acids is 2. The number of likely N-dealkylation sites (tertiary alicyclic amines) is 1. The van der Waals surface area contributed by atoms with Crippen molar-refractivity contribution in [3.63, 3.8) is 0 Å². The Kier molecular flexibility index (Phi) is 8.67. The number of methoxy groups -OCH3 is 1. The molecule has 2 rings (SSSR count). The average molecular weight is 498 g/mol. The summed E-state index contributed by atoms with van der Waals surface area (Å²) >= 11 is 0. The molecule has 2 fully saturated rings. The number of carbonyl (C=O) groups is 2. The van der Waals surface area contributed by atoms with Crippen molar-refractivity contribution in [2.75, 3.05) is 20.2 Å². The van der Waals surface area contributed by atoms with E-state index in [1.165, 1.54) is 7.11 Å². The molecular formula is C27H51NO5Si. The highest BCUT2D eigenvalue weighted by Gasteiger charge is 2.53. The topological polar surface area (TPSA) is 65.1 Å². The molecule has 0 aromatic carbocycles. The Balaban J connectivity index is 2.36. The van der Waals surface area contributed by atoms with Crippen molar-refractivity contribution in [3.05, 3.63) is 0 Å². The number of ether oxygens (including phenoxy) is 2. The number of esters is 1. The van der Waals surface area contributed by atoms with Gasteiger partial charge in [0.15, 0.2) is 8.32 Å². The van der Waals surface area contributed by atoms with Crippen LogP contribution >= 0.6 is 0 Å². The minimum Gasteiger partial charge on any atom is -0.469 e. The zero-order valence-corrected chi connectivity index (χ0v) is 24.9. The van der Waals surface area contributed by atoms with E-state index in [2.05, 4.69) is 54.6 Å². The Morgan fingerprint density at radius 1 is 1.03 bits per heavy atom. The molecule has 0 N–H and O–H groups in total. The van der Waals surface area contributed by atoms with Crippen molar-refractivity contribution in [2.24, 2.45) is 29.6 Å². The Bertz CT molecular complexity index is 738. The maximum atomic E-state index is 12.9. The van der Waals surface area contributed by atoms with E-state index >= 15 is 0 Å². The minimum atomic E-state index is -1.96. The van der Waals surface area contributed by atoms with Crippen LogP contribution in [0.1, 0.15) is 81.6 Å². The highest BCUT2D eigenvalue weighted by Crippen LogP contribution is 2.51. The second-order valence-electron chi connectivity index (χ2n) is 13.8. The maximum Gasteiger partial charge on any atom is 0.410 e. The van der Waals surface area contributed by atoms with E-state index in [4.69, 9.17) is 13.9 Å². The summed E-state index contributed by atoms with van der Waals surface area (Å²) in [6.45, 7) is 24.8. The van der Waals surface area contributed by atoms with Crippen LogP contribution in [0.25, 0.3) is 0 Å². The van der Waals surface area contributed by atoms with Crippen LogP contribution in [0.4, 0.5) is 4.79 Å². The fraction of sp³-hybridized carbons (Fsp3) is 0.926. The quantitative estimate of drug-likeness (QED) is 0.321. The molecule has 2 aliphatic rings. The van der Waals surface area contributed by atoms with Gasteiger partial charge in [0.05, 0.1) is 18.6 Å². The van der Waals surface area contributed by atoms with E-state index in [1.807, 2.05) is 20.8 Å². The average Bonchev–Trinajstić information content (AvgIpc) is 3.09. The molecule has 1 saturated carbocycles. The summed E-state index contributed by atoms with van der Waals surface area (Å²) in [5.41, 5.74) is -0.796. The lowest BCUT2D eigenvalue weighted by Crippen LogP contribution is -2.53. The molecule has 3 unspecified atom stereocenters. The summed E-state index contributed by atoms with van der Waals surface area (Å²) < 4.78 is 17.9. The predicted octanol–water partition coefficient (Wildman–Crippen LogP) is 6.50. The third-order valence-electron chi connectivity index (χ3n) is 8.46. The van der Waals surface area contributed by atoms with E-state index in [0.717, 1.165) is 19.3 Å². The van der Waals surface area contributed by atoms with E-state index < -0.39 is 13.9 Å². The van der Waals surface area contributed by atoms with Crippen LogP contribution in [-0.2, 0) is 18.7 Å². The minimum absolute atomic E-state index is 0.0370. The molecule has 1 heterocycles. The molecule has 1 saturated heterocycles. The molecule has 0 spiro atoms. The molecule has 1 amide bonds. The standard InChI is InChI=1S/C27H51NO5Si/c1-18(2)19-13-14-27(9,33-34(11,12)26(6,7)8)15-20(19)21-16-28(17-22(21)23(29)31-10)24(30)32-25(3,4)5/h18-22H,13-17H2,1-12H3/t19?,20?,21-,22+,27?/m1/s1. The van der Waals surface area contributed by atoms with Crippen LogP contribution in [0, 0.1) is 29.6 Å². The van der Waals surface area contributed by atoms with Gasteiger partial charge in [-0.2, -0.15) is 0 Å².